The van der Waals surface area contributed by atoms with Crippen LogP contribution < -0.4 is 10.0 Å². The molecular formula is C25H27N3O8S2. The number of benzene rings is 2. The van der Waals surface area contributed by atoms with E-state index in [0.717, 1.165) is 12.3 Å². The molecule has 2 aromatic rings. The highest BCUT2D eigenvalue weighted by molar-refractivity contribution is 7.92. The minimum Gasteiger partial charge on any atom is -0.466 e. The molecule has 0 saturated carbocycles. The van der Waals surface area contributed by atoms with Gasteiger partial charge in [-0.25, -0.2) is 8.42 Å². The summed E-state index contributed by atoms with van der Waals surface area (Å²) in [6, 6.07) is 10.4. The number of sulfonamides is 2. The fraction of sp³-hybridized carbons (Fsp3) is 0.360. The van der Waals surface area contributed by atoms with Crippen LogP contribution >= 0.6 is 0 Å². The Morgan fingerprint density at radius 3 is 2.58 bits per heavy atom. The van der Waals surface area contributed by atoms with Crippen molar-refractivity contribution >= 4 is 54.8 Å². The number of hydrogen-bond donors (Lipinski definition) is 2. The van der Waals surface area contributed by atoms with Crippen molar-refractivity contribution in [3.8, 4) is 0 Å². The number of anilines is 2. The average molecular weight is 562 g/mol. The van der Waals surface area contributed by atoms with E-state index in [1.807, 2.05) is 0 Å². The van der Waals surface area contributed by atoms with E-state index in [0.29, 0.717) is 12.0 Å². The first-order valence-corrected chi connectivity index (χ1v) is 15.2. The Labute approximate surface area is 220 Å². The van der Waals surface area contributed by atoms with Crippen molar-refractivity contribution in [1.82, 2.24) is 0 Å². The van der Waals surface area contributed by atoms with Crippen LogP contribution in [-0.2, 0) is 39.8 Å². The normalized spacial score (nSPS) is 22.0. The van der Waals surface area contributed by atoms with Gasteiger partial charge in [0.05, 0.1) is 24.0 Å². The number of carbonyl (C=O) groups is 3. The van der Waals surface area contributed by atoms with Crippen LogP contribution in [0.15, 0.2) is 51.8 Å². The summed E-state index contributed by atoms with van der Waals surface area (Å²) in [5, 5.41) is 2.81. The van der Waals surface area contributed by atoms with E-state index in [-0.39, 0.29) is 47.1 Å². The smallest absolute Gasteiger partial charge is 0.305 e. The number of esters is 1. The van der Waals surface area contributed by atoms with Crippen LogP contribution in [0, 0.1) is 5.92 Å². The number of ketones is 2. The number of rotatable bonds is 8. The molecule has 2 aliphatic rings. The molecule has 2 aromatic carbocycles. The van der Waals surface area contributed by atoms with E-state index < -0.39 is 48.9 Å². The van der Waals surface area contributed by atoms with Gasteiger partial charge in [0.15, 0.2) is 11.6 Å². The highest BCUT2D eigenvalue weighted by atomic mass is 32.2. The second kappa shape index (κ2) is 9.95. The Hall–Kier alpha value is -3.58. The van der Waals surface area contributed by atoms with E-state index in [1.54, 1.807) is 38.1 Å². The molecule has 0 aromatic heterocycles. The lowest BCUT2D eigenvalue weighted by atomic mass is 9.63. The Morgan fingerprint density at radius 1 is 1.18 bits per heavy atom. The van der Waals surface area contributed by atoms with Gasteiger partial charge >= 0.3 is 5.97 Å². The molecule has 1 heterocycles. The summed E-state index contributed by atoms with van der Waals surface area (Å²) in [6.07, 6.45) is 1.55. The topological polar surface area (TPSA) is 165 Å². The molecule has 1 aliphatic heterocycles. The molecule has 1 aliphatic carbocycles. The van der Waals surface area contributed by atoms with E-state index in [1.165, 1.54) is 12.1 Å². The van der Waals surface area contributed by atoms with Crippen LogP contribution in [0.4, 0.5) is 11.4 Å². The Bertz CT molecular complexity index is 1580. The molecule has 0 spiro atoms. The van der Waals surface area contributed by atoms with Gasteiger partial charge in [0.2, 0.25) is 10.0 Å². The number of hydrogen-bond acceptors (Lipinski definition) is 9. The zero-order valence-electron chi connectivity index (χ0n) is 21.0. The summed E-state index contributed by atoms with van der Waals surface area (Å²) in [4.78, 5) is 39.0. The zero-order chi connectivity index (χ0) is 27.9. The quantitative estimate of drug-likeness (QED) is 0.364. The van der Waals surface area contributed by atoms with Crippen molar-refractivity contribution in [3.63, 3.8) is 0 Å². The summed E-state index contributed by atoms with van der Waals surface area (Å²) >= 11 is 0. The van der Waals surface area contributed by atoms with Crippen molar-refractivity contribution in [1.29, 1.82) is 0 Å². The second-order valence-corrected chi connectivity index (χ2v) is 12.7. The number of fused-ring (bicyclic) bond motifs is 2. The first-order chi connectivity index (χ1) is 17.8. The molecule has 0 radical (unpaired) electrons. The average Bonchev–Trinajstić information content (AvgIpc) is 2.82. The molecule has 2 N–H and O–H groups in total. The number of Topliss-reactive ketones (excluding diaryl/α,β-unsaturated/α-hetero) is 2. The molecule has 13 heteroatoms. The van der Waals surface area contributed by atoms with Crippen molar-refractivity contribution in [2.75, 3.05) is 22.9 Å². The number of ether oxygens (including phenoxy) is 1. The highest BCUT2D eigenvalue weighted by Crippen LogP contribution is 2.42. The molecule has 202 valence electrons. The van der Waals surface area contributed by atoms with Crippen LogP contribution in [0.5, 0.6) is 0 Å². The van der Waals surface area contributed by atoms with Gasteiger partial charge in [-0.2, -0.15) is 8.42 Å². The minimum absolute atomic E-state index is 0.0168. The van der Waals surface area contributed by atoms with E-state index in [9.17, 15) is 31.2 Å². The van der Waals surface area contributed by atoms with Crippen LogP contribution in [0.3, 0.4) is 0 Å². The largest absolute Gasteiger partial charge is 0.466 e. The Kier molecular flexibility index (Phi) is 7.19. The van der Waals surface area contributed by atoms with Crippen LogP contribution in [0.1, 0.15) is 49.0 Å². The zero-order valence-corrected chi connectivity index (χ0v) is 22.6. The first kappa shape index (κ1) is 27.5. The maximum absolute atomic E-state index is 13.9. The van der Waals surface area contributed by atoms with E-state index >= 15 is 0 Å². The highest BCUT2D eigenvalue weighted by Gasteiger charge is 2.51. The second-order valence-electron chi connectivity index (χ2n) is 9.36. The van der Waals surface area contributed by atoms with Crippen LogP contribution in [0.25, 0.3) is 0 Å². The van der Waals surface area contributed by atoms with Gasteiger partial charge in [-0.15, -0.1) is 4.40 Å². The third kappa shape index (κ3) is 5.20. The molecule has 0 bridgehead atoms. The van der Waals surface area contributed by atoms with E-state index in [2.05, 4.69) is 14.4 Å². The van der Waals surface area contributed by atoms with Crippen molar-refractivity contribution in [2.45, 2.75) is 43.4 Å². The summed E-state index contributed by atoms with van der Waals surface area (Å²) in [6.45, 7) is 3.61. The lowest BCUT2D eigenvalue weighted by Crippen LogP contribution is -2.51. The lowest BCUT2D eigenvalue weighted by molar-refractivity contribution is -0.143. The SMILES string of the molecule is CCOC(=O)CCCC1(C)C(=O)C(C2=NS(=O)(=O)c3cc(NS(C)(=O)=O)ccc3N2)C(=O)c2ccccc21. The summed E-state index contributed by atoms with van der Waals surface area (Å²) in [5.41, 5.74) is -0.345. The third-order valence-corrected chi connectivity index (χ3v) is 8.47. The van der Waals surface area contributed by atoms with Crippen LogP contribution in [0.2, 0.25) is 0 Å². The predicted molar refractivity (Wildman–Crippen MR) is 140 cm³/mol. The number of nitrogens with zero attached hydrogens (tertiary/aromatic N) is 1. The van der Waals surface area contributed by atoms with Crippen molar-refractivity contribution in [2.24, 2.45) is 10.3 Å². The van der Waals surface area contributed by atoms with E-state index in [4.69, 9.17) is 4.74 Å². The van der Waals surface area contributed by atoms with Gasteiger partial charge in [0, 0.05) is 17.7 Å². The molecule has 38 heavy (non-hydrogen) atoms. The van der Waals surface area contributed by atoms with Gasteiger partial charge in [-0.05, 0) is 50.5 Å². The maximum Gasteiger partial charge on any atom is 0.305 e. The first-order valence-electron chi connectivity index (χ1n) is 11.8. The van der Waals surface area contributed by atoms with Gasteiger partial charge in [0.25, 0.3) is 10.0 Å². The molecule has 11 nitrogen and oxygen atoms in total. The fourth-order valence-electron chi connectivity index (χ4n) is 4.81. The van der Waals surface area contributed by atoms with Gasteiger partial charge in [-0.3, -0.25) is 19.1 Å². The van der Waals surface area contributed by atoms with Crippen LogP contribution in [-0.4, -0.2) is 53.1 Å². The third-order valence-electron chi connectivity index (χ3n) is 6.54. The molecule has 2 atom stereocenters. The number of carbonyl (C=O) groups excluding carboxylic acids is 3. The monoisotopic (exact) mass is 561 g/mol. The standard InChI is InChI=1S/C25H27N3O8S2/c1-4-36-20(29)10-7-13-25(2)17-9-6-5-8-16(17)22(30)21(23(25)31)24-26-18-12-11-15(27-37(3,32)33)14-19(18)38(34,35)28-24/h5-6,8-9,11-12,14,21,27H,4,7,10,13H2,1-3H3,(H,26,28). The maximum atomic E-state index is 13.9. The predicted octanol–water partition coefficient (Wildman–Crippen LogP) is 2.64. The molecular weight excluding hydrogens is 534 g/mol. The van der Waals surface area contributed by atoms with Gasteiger partial charge < -0.3 is 10.1 Å². The Morgan fingerprint density at radius 2 is 1.89 bits per heavy atom. The molecule has 0 fully saturated rings. The molecule has 0 saturated heterocycles. The summed E-state index contributed by atoms with van der Waals surface area (Å²) in [5.74, 6) is -3.37. The molecule has 4 rings (SSSR count). The number of amidine groups is 1. The van der Waals surface area contributed by atoms with Crippen molar-refractivity contribution in [3.05, 3.63) is 53.6 Å². The summed E-state index contributed by atoms with van der Waals surface area (Å²) < 4.78 is 60.3. The number of nitrogens with one attached hydrogen (secondary N) is 2. The van der Waals surface area contributed by atoms with Gasteiger partial charge in [-0.1, -0.05) is 24.3 Å². The molecule has 2 unspecified atom stereocenters. The summed E-state index contributed by atoms with van der Waals surface area (Å²) in [7, 11) is -8.05. The van der Waals surface area contributed by atoms with Gasteiger partial charge in [0.1, 0.15) is 16.6 Å². The lowest BCUT2D eigenvalue weighted by Gasteiger charge is -2.38. The molecule has 0 amide bonds. The Balaban J connectivity index is 1.72. The minimum atomic E-state index is -4.39. The van der Waals surface area contributed by atoms with Crippen molar-refractivity contribution < 1.29 is 36.0 Å². The fourth-order valence-corrected chi connectivity index (χ4v) is 6.55.